The number of carboxylic acids is 1. The van der Waals surface area contributed by atoms with E-state index in [-0.39, 0.29) is 6.42 Å². The normalized spacial score (nSPS) is 12.8. The van der Waals surface area contributed by atoms with Gasteiger partial charge in [0.25, 0.3) is 0 Å². The van der Waals surface area contributed by atoms with E-state index in [1.165, 1.54) is 7.11 Å². The minimum Gasteiger partial charge on any atom is -0.481 e. The molecule has 26 heavy (non-hydrogen) atoms. The van der Waals surface area contributed by atoms with Gasteiger partial charge in [0.2, 0.25) is 5.91 Å². The Morgan fingerprint density at radius 3 is 2.12 bits per heavy atom. The molecule has 0 aliphatic heterocycles. The number of benzene rings is 1. The van der Waals surface area contributed by atoms with Crippen LogP contribution in [-0.4, -0.2) is 59.7 Å². The third kappa shape index (κ3) is 11.9. The number of hydrogen-bond donors (Lipinski definition) is 5. The van der Waals surface area contributed by atoms with Crippen LogP contribution in [0.5, 0.6) is 0 Å². The van der Waals surface area contributed by atoms with Crippen LogP contribution in [0.4, 0.5) is 0 Å². The average molecular weight is 392 g/mol. The number of ether oxygens (including phenoxy) is 1. The Labute approximate surface area is 149 Å². The monoisotopic (exact) mass is 392 g/mol. The fourth-order valence-corrected chi connectivity index (χ4v) is 1.74. The molecule has 0 spiro atoms. The predicted molar refractivity (Wildman–Crippen MR) is 88.5 cm³/mol. The molecule has 1 amide bonds. The lowest BCUT2D eigenvalue weighted by Gasteiger charge is -2.18. The first-order valence-electron chi connectivity index (χ1n) is 7.03. The first-order valence-corrected chi connectivity index (χ1v) is 8.43. The number of nitrogens with two attached hydrogens (primary N) is 1. The molecule has 0 saturated carbocycles. The first-order chi connectivity index (χ1) is 11.9. The van der Waals surface area contributed by atoms with E-state index in [4.69, 9.17) is 28.4 Å². The summed E-state index contributed by atoms with van der Waals surface area (Å²) in [5.41, 5.74) is 6.29. The van der Waals surface area contributed by atoms with Crippen LogP contribution in [0.25, 0.3) is 0 Å². The third-order valence-electron chi connectivity index (χ3n) is 2.82. The summed E-state index contributed by atoms with van der Waals surface area (Å²) in [5, 5.41) is 11.0. The number of carbonyl (C=O) groups excluding carboxylic acids is 2. The van der Waals surface area contributed by atoms with Crippen molar-refractivity contribution in [2.75, 3.05) is 7.11 Å². The summed E-state index contributed by atoms with van der Waals surface area (Å²) < 4.78 is 36.2. The molecule has 2 unspecified atom stereocenters. The van der Waals surface area contributed by atoms with Gasteiger partial charge in [0.05, 0.1) is 19.6 Å². The molecule has 0 aliphatic rings. The van der Waals surface area contributed by atoms with Crippen LogP contribution in [0.15, 0.2) is 30.3 Å². The maximum Gasteiger partial charge on any atom is 0.394 e. The van der Waals surface area contributed by atoms with Crippen molar-refractivity contribution < 1.29 is 41.8 Å². The molecule has 0 heterocycles. The van der Waals surface area contributed by atoms with Gasteiger partial charge in [-0.25, -0.2) is 4.79 Å². The molecule has 1 aromatic carbocycles. The number of amides is 1. The van der Waals surface area contributed by atoms with E-state index in [1.807, 2.05) is 18.2 Å². The number of carbonyl (C=O) groups is 3. The van der Waals surface area contributed by atoms with Gasteiger partial charge < -0.3 is 20.9 Å². The zero-order valence-electron chi connectivity index (χ0n) is 13.7. The Morgan fingerprint density at radius 1 is 1.19 bits per heavy atom. The van der Waals surface area contributed by atoms with Gasteiger partial charge in [0.15, 0.2) is 0 Å². The third-order valence-corrected chi connectivity index (χ3v) is 2.82. The zero-order chi connectivity index (χ0) is 20.3. The van der Waals surface area contributed by atoms with Crippen molar-refractivity contribution in [3.8, 4) is 0 Å². The van der Waals surface area contributed by atoms with Crippen molar-refractivity contribution in [1.29, 1.82) is 0 Å². The van der Waals surface area contributed by atoms with E-state index in [9.17, 15) is 14.4 Å². The largest absolute Gasteiger partial charge is 0.481 e. The van der Waals surface area contributed by atoms with Crippen molar-refractivity contribution >= 4 is 28.2 Å². The van der Waals surface area contributed by atoms with Crippen molar-refractivity contribution in [3.05, 3.63) is 35.9 Å². The molecule has 6 N–H and O–H groups in total. The van der Waals surface area contributed by atoms with Gasteiger partial charge in [-0.1, -0.05) is 30.3 Å². The number of nitrogens with one attached hydrogen (secondary N) is 1. The standard InChI is InChI=1S/C14H18N2O5.H2O4S/c1-21-14(20)11(7-9-5-3-2-4-6-9)16-13(19)10(15)8-12(17)18;1-5(2,3)4/h2-6,10-11H,7-8,15H2,1H3,(H,16,19)(H,17,18);(H2,1,2,3,4). The van der Waals surface area contributed by atoms with Crippen LogP contribution in [0.3, 0.4) is 0 Å². The highest BCUT2D eigenvalue weighted by Crippen LogP contribution is 2.05. The lowest BCUT2D eigenvalue weighted by Crippen LogP contribution is -2.50. The van der Waals surface area contributed by atoms with Gasteiger partial charge in [-0.3, -0.25) is 18.7 Å². The van der Waals surface area contributed by atoms with E-state index in [0.29, 0.717) is 0 Å². The van der Waals surface area contributed by atoms with E-state index >= 15 is 0 Å². The minimum atomic E-state index is -4.67. The van der Waals surface area contributed by atoms with Gasteiger partial charge in [-0.15, -0.1) is 0 Å². The second-order valence-electron chi connectivity index (χ2n) is 4.93. The molecule has 0 aliphatic carbocycles. The van der Waals surface area contributed by atoms with Crippen LogP contribution in [0, 0.1) is 0 Å². The fourth-order valence-electron chi connectivity index (χ4n) is 1.74. The highest BCUT2D eigenvalue weighted by Gasteiger charge is 2.25. The molecule has 0 saturated heterocycles. The molecule has 0 radical (unpaired) electrons. The molecular formula is C14H20N2O9S. The first kappa shape index (κ1) is 23.5. The van der Waals surface area contributed by atoms with Crippen LogP contribution in [0.1, 0.15) is 12.0 Å². The molecule has 12 heteroatoms. The topological polar surface area (TPSA) is 193 Å². The lowest BCUT2D eigenvalue weighted by atomic mass is 10.1. The molecule has 1 rings (SSSR count). The highest BCUT2D eigenvalue weighted by molar-refractivity contribution is 7.79. The van der Waals surface area contributed by atoms with Crippen molar-refractivity contribution in [2.24, 2.45) is 5.73 Å². The van der Waals surface area contributed by atoms with Crippen molar-refractivity contribution in [2.45, 2.75) is 24.9 Å². The van der Waals surface area contributed by atoms with Crippen molar-refractivity contribution in [1.82, 2.24) is 5.32 Å². The summed E-state index contributed by atoms with van der Waals surface area (Å²) in [6, 6.07) is 6.93. The summed E-state index contributed by atoms with van der Waals surface area (Å²) in [5.74, 6) is -2.51. The van der Waals surface area contributed by atoms with Gasteiger partial charge >= 0.3 is 22.3 Å². The number of carboxylic acid groups (broad SMARTS) is 1. The van der Waals surface area contributed by atoms with E-state index < -0.39 is 46.7 Å². The Balaban J connectivity index is 0.00000110. The summed E-state index contributed by atoms with van der Waals surface area (Å²) in [6.45, 7) is 0. The maximum absolute atomic E-state index is 11.8. The number of hydrogen-bond acceptors (Lipinski definition) is 7. The molecule has 0 bridgehead atoms. The number of aliphatic carboxylic acids is 1. The van der Waals surface area contributed by atoms with Crippen LogP contribution in [-0.2, 0) is 35.9 Å². The van der Waals surface area contributed by atoms with Crippen LogP contribution >= 0.6 is 0 Å². The van der Waals surface area contributed by atoms with Crippen LogP contribution < -0.4 is 11.1 Å². The summed E-state index contributed by atoms with van der Waals surface area (Å²) >= 11 is 0. The Bertz CT molecular complexity index is 698. The summed E-state index contributed by atoms with van der Waals surface area (Å²) in [4.78, 5) is 34.0. The molecule has 11 nitrogen and oxygen atoms in total. The second-order valence-corrected chi connectivity index (χ2v) is 5.82. The molecule has 0 aromatic heterocycles. The summed E-state index contributed by atoms with van der Waals surface area (Å²) in [6.07, 6.45) is -0.274. The van der Waals surface area contributed by atoms with Gasteiger partial charge in [0, 0.05) is 6.42 Å². The Kier molecular flexibility index (Phi) is 10.1. The molecule has 1 aromatic rings. The second kappa shape index (κ2) is 11.1. The average Bonchev–Trinajstić information content (AvgIpc) is 2.52. The van der Waals surface area contributed by atoms with Crippen molar-refractivity contribution in [3.63, 3.8) is 0 Å². The number of methoxy groups -OCH3 is 1. The van der Waals surface area contributed by atoms with E-state index in [2.05, 4.69) is 10.1 Å². The lowest BCUT2D eigenvalue weighted by molar-refractivity contribution is -0.145. The number of rotatable bonds is 7. The smallest absolute Gasteiger partial charge is 0.394 e. The maximum atomic E-state index is 11.8. The molecule has 0 fully saturated rings. The predicted octanol–water partition coefficient (Wildman–Crippen LogP) is -0.964. The molecular weight excluding hydrogens is 372 g/mol. The summed E-state index contributed by atoms with van der Waals surface area (Å²) in [7, 11) is -3.45. The quantitative estimate of drug-likeness (QED) is 0.285. The SMILES string of the molecule is COC(=O)C(Cc1ccccc1)NC(=O)C(N)CC(=O)O.O=S(=O)(O)O. The Hall–Kier alpha value is -2.54. The Morgan fingerprint density at radius 2 is 1.69 bits per heavy atom. The fraction of sp³-hybridized carbons (Fsp3) is 0.357. The van der Waals surface area contributed by atoms with Gasteiger partial charge in [-0.05, 0) is 5.56 Å². The van der Waals surface area contributed by atoms with E-state index in [0.717, 1.165) is 5.56 Å². The zero-order valence-corrected chi connectivity index (χ0v) is 14.5. The van der Waals surface area contributed by atoms with Crippen LogP contribution in [0.2, 0.25) is 0 Å². The highest BCUT2D eigenvalue weighted by atomic mass is 32.3. The minimum absolute atomic E-state index is 0.235. The molecule has 2 atom stereocenters. The van der Waals surface area contributed by atoms with Gasteiger partial charge in [0.1, 0.15) is 6.04 Å². The number of esters is 1. The van der Waals surface area contributed by atoms with Gasteiger partial charge in [-0.2, -0.15) is 8.42 Å². The van der Waals surface area contributed by atoms with E-state index in [1.54, 1.807) is 12.1 Å². The molecule has 146 valence electrons.